The van der Waals surface area contributed by atoms with Crippen LogP contribution in [0.15, 0.2) is 79.1 Å². The lowest BCUT2D eigenvalue weighted by Gasteiger charge is -2.20. The Bertz CT molecular complexity index is 841. The Kier molecular flexibility index (Phi) is 5.02. The third-order valence-electron chi connectivity index (χ3n) is 3.90. The summed E-state index contributed by atoms with van der Waals surface area (Å²) in [5, 5.41) is 2.81. The lowest BCUT2D eigenvalue weighted by molar-refractivity contribution is -0.137. The van der Waals surface area contributed by atoms with Gasteiger partial charge in [-0.15, -0.1) is 0 Å². The molecule has 2 aromatic carbocycles. The Morgan fingerprint density at radius 1 is 0.885 bits per heavy atom. The van der Waals surface area contributed by atoms with Gasteiger partial charge in [-0.05, 0) is 41.5 Å². The van der Waals surface area contributed by atoms with E-state index in [1.54, 1.807) is 24.5 Å². The van der Waals surface area contributed by atoms with Crippen LogP contribution in [0.2, 0.25) is 0 Å². The average molecular weight is 356 g/mol. The number of nitrogens with zero attached hydrogens (tertiary/aromatic N) is 1. The number of benzene rings is 2. The summed E-state index contributed by atoms with van der Waals surface area (Å²) in [6.45, 7) is 0. The van der Waals surface area contributed by atoms with E-state index in [4.69, 9.17) is 0 Å². The molecule has 0 aliphatic heterocycles. The molecule has 0 unspecified atom stereocenters. The fraction of sp³-hybridized carbons (Fsp3) is 0.100. The number of carbonyl (C=O) groups excluding carboxylic acids is 1. The smallest absolute Gasteiger partial charge is 0.341 e. The first-order valence-corrected chi connectivity index (χ1v) is 7.88. The highest BCUT2D eigenvalue weighted by Gasteiger charge is 2.31. The first-order valence-electron chi connectivity index (χ1n) is 7.88. The van der Waals surface area contributed by atoms with Gasteiger partial charge < -0.3 is 5.32 Å². The van der Waals surface area contributed by atoms with Gasteiger partial charge in [-0.2, -0.15) is 13.2 Å². The Hall–Kier alpha value is -3.15. The molecule has 132 valence electrons. The van der Waals surface area contributed by atoms with Crippen LogP contribution in [0.3, 0.4) is 0 Å². The van der Waals surface area contributed by atoms with E-state index < -0.39 is 23.7 Å². The number of nitrogens with one attached hydrogen (secondary N) is 1. The molecule has 0 saturated carbocycles. The van der Waals surface area contributed by atoms with E-state index in [0.29, 0.717) is 0 Å². The Morgan fingerprint density at radius 3 is 2.19 bits per heavy atom. The van der Waals surface area contributed by atoms with Crippen molar-refractivity contribution in [2.45, 2.75) is 12.2 Å². The van der Waals surface area contributed by atoms with E-state index in [-0.39, 0.29) is 5.56 Å². The van der Waals surface area contributed by atoms with E-state index >= 15 is 0 Å². The molecule has 6 heteroatoms. The van der Waals surface area contributed by atoms with Gasteiger partial charge in [0.2, 0.25) is 0 Å². The second-order valence-electron chi connectivity index (χ2n) is 5.68. The molecule has 0 fully saturated rings. The van der Waals surface area contributed by atoms with Crippen LogP contribution in [-0.2, 0) is 6.18 Å². The molecule has 3 rings (SSSR count). The lowest BCUT2D eigenvalue weighted by Crippen LogP contribution is -2.29. The highest BCUT2D eigenvalue weighted by Crippen LogP contribution is 2.30. The summed E-state index contributed by atoms with van der Waals surface area (Å²) in [6, 6.07) is 16.6. The monoisotopic (exact) mass is 356 g/mol. The van der Waals surface area contributed by atoms with Crippen LogP contribution < -0.4 is 5.32 Å². The van der Waals surface area contributed by atoms with Gasteiger partial charge in [0, 0.05) is 18.0 Å². The molecule has 1 amide bonds. The Labute approximate surface area is 148 Å². The third-order valence-corrected chi connectivity index (χ3v) is 3.90. The second-order valence-corrected chi connectivity index (χ2v) is 5.68. The van der Waals surface area contributed by atoms with Gasteiger partial charge in [0.25, 0.3) is 5.91 Å². The zero-order valence-electron chi connectivity index (χ0n) is 13.6. The minimum atomic E-state index is -4.50. The predicted molar refractivity (Wildman–Crippen MR) is 91.4 cm³/mol. The van der Waals surface area contributed by atoms with Crippen LogP contribution >= 0.6 is 0 Å². The first-order chi connectivity index (χ1) is 12.4. The molecule has 0 spiro atoms. The minimum Gasteiger partial charge on any atom is -0.341 e. The molecule has 0 bridgehead atoms. The van der Waals surface area contributed by atoms with Gasteiger partial charge in [-0.3, -0.25) is 9.78 Å². The maximum atomic E-state index is 12.9. The van der Waals surface area contributed by atoms with E-state index in [9.17, 15) is 18.0 Å². The predicted octanol–water partition coefficient (Wildman–Crippen LogP) is 4.62. The van der Waals surface area contributed by atoms with Crippen LogP contribution in [0.1, 0.15) is 33.1 Å². The van der Waals surface area contributed by atoms with E-state index in [1.165, 1.54) is 12.1 Å². The zero-order chi connectivity index (χ0) is 18.6. The van der Waals surface area contributed by atoms with Crippen molar-refractivity contribution in [3.8, 4) is 0 Å². The van der Waals surface area contributed by atoms with Crippen molar-refractivity contribution in [2.24, 2.45) is 0 Å². The van der Waals surface area contributed by atoms with Crippen LogP contribution in [0.25, 0.3) is 0 Å². The van der Waals surface area contributed by atoms with E-state index in [0.717, 1.165) is 23.3 Å². The van der Waals surface area contributed by atoms with Gasteiger partial charge in [0.05, 0.1) is 11.6 Å². The molecule has 26 heavy (non-hydrogen) atoms. The first kappa shape index (κ1) is 17.7. The summed E-state index contributed by atoms with van der Waals surface area (Å²) in [7, 11) is 0. The van der Waals surface area contributed by atoms with Crippen LogP contribution in [-0.4, -0.2) is 10.9 Å². The van der Waals surface area contributed by atoms with Crippen LogP contribution in [0.5, 0.6) is 0 Å². The largest absolute Gasteiger partial charge is 0.416 e. The molecule has 3 aromatic rings. The second kappa shape index (κ2) is 7.39. The number of amides is 1. The summed E-state index contributed by atoms with van der Waals surface area (Å²) >= 11 is 0. The fourth-order valence-electron chi connectivity index (χ4n) is 2.61. The number of carbonyl (C=O) groups is 1. The normalized spacial score (nSPS) is 12.4. The molecule has 1 N–H and O–H groups in total. The summed E-state index contributed by atoms with van der Waals surface area (Å²) in [4.78, 5) is 16.5. The summed E-state index contributed by atoms with van der Waals surface area (Å²) < 4.78 is 38.7. The number of hydrogen-bond acceptors (Lipinski definition) is 2. The van der Waals surface area contributed by atoms with Gasteiger partial charge in [0.1, 0.15) is 0 Å². The molecule has 0 saturated heterocycles. The summed E-state index contributed by atoms with van der Waals surface area (Å²) in [6.07, 6.45) is -1.30. The summed E-state index contributed by atoms with van der Waals surface area (Å²) in [5.74, 6) is -0.582. The molecule has 0 aliphatic rings. The standard InChI is InChI=1S/C20H15F3N2O/c21-20(22,23)17-8-4-7-16(13-17)19(26)25-18(14-5-2-1-3-6-14)15-9-11-24-12-10-15/h1-13,18H,(H,25,26)/t18-/m0/s1. The molecule has 0 radical (unpaired) electrons. The molecular weight excluding hydrogens is 341 g/mol. The Morgan fingerprint density at radius 2 is 1.54 bits per heavy atom. The number of alkyl halides is 3. The van der Waals surface area contributed by atoms with Gasteiger partial charge in [0.15, 0.2) is 0 Å². The SMILES string of the molecule is O=C(N[C@@H](c1ccccc1)c1ccncc1)c1cccc(C(F)(F)F)c1. The highest BCUT2D eigenvalue weighted by atomic mass is 19.4. The van der Waals surface area contributed by atoms with Gasteiger partial charge in [-0.25, -0.2) is 0 Å². The quantitative estimate of drug-likeness (QED) is 0.741. The number of hydrogen-bond donors (Lipinski definition) is 1. The molecule has 1 aromatic heterocycles. The fourth-order valence-corrected chi connectivity index (χ4v) is 2.61. The lowest BCUT2D eigenvalue weighted by atomic mass is 9.99. The van der Waals surface area contributed by atoms with Crippen molar-refractivity contribution in [1.82, 2.24) is 10.3 Å². The molecule has 0 aliphatic carbocycles. The van der Waals surface area contributed by atoms with Crippen molar-refractivity contribution in [2.75, 3.05) is 0 Å². The van der Waals surface area contributed by atoms with Crippen molar-refractivity contribution in [1.29, 1.82) is 0 Å². The van der Waals surface area contributed by atoms with E-state index in [2.05, 4.69) is 10.3 Å². The number of halogens is 3. The summed E-state index contributed by atoms with van der Waals surface area (Å²) in [5.41, 5.74) is 0.700. The zero-order valence-corrected chi connectivity index (χ0v) is 13.6. The molecule has 1 heterocycles. The maximum Gasteiger partial charge on any atom is 0.416 e. The van der Waals surface area contributed by atoms with Gasteiger partial charge in [-0.1, -0.05) is 36.4 Å². The Balaban J connectivity index is 1.91. The third kappa shape index (κ3) is 4.08. The number of rotatable bonds is 4. The number of aromatic nitrogens is 1. The van der Waals surface area contributed by atoms with Crippen LogP contribution in [0, 0.1) is 0 Å². The molecule has 3 nitrogen and oxygen atoms in total. The molecule has 1 atom stereocenters. The topological polar surface area (TPSA) is 42.0 Å². The van der Waals surface area contributed by atoms with Crippen molar-refractivity contribution >= 4 is 5.91 Å². The maximum absolute atomic E-state index is 12.9. The minimum absolute atomic E-state index is 0.0465. The van der Waals surface area contributed by atoms with Crippen molar-refractivity contribution < 1.29 is 18.0 Å². The molecular formula is C20H15F3N2O. The van der Waals surface area contributed by atoms with Crippen LogP contribution in [0.4, 0.5) is 13.2 Å². The van der Waals surface area contributed by atoms with Crippen molar-refractivity contribution in [3.63, 3.8) is 0 Å². The number of pyridine rings is 1. The highest BCUT2D eigenvalue weighted by molar-refractivity contribution is 5.94. The average Bonchev–Trinajstić information content (AvgIpc) is 2.67. The van der Waals surface area contributed by atoms with Crippen molar-refractivity contribution in [3.05, 3.63) is 101 Å². The van der Waals surface area contributed by atoms with Gasteiger partial charge >= 0.3 is 6.18 Å². The van der Waals surface area contributed by atoms with E-state index in [1.807, 2.05) is 30.3 Å².